The minimum absolute atomic E-state index is 1.11. The van der Waals surface area contributed by atoms with Crippen molar-refractivity contribution < 1.29 is 0 Å². The van der Waals surface area contributed by atoms with Gasteiger partial charge in [-0.1, -0.05) is 40.0 Å². The Labute approximate surface area is 79.1 Å². The molecule has 0 aliphatic rings. The average Bonchev–Trinajstić information content (AvgIpc) is 1.86. The van der Waals surface area contributed by atoms with Crippen LogP contribution in [0.4, 0.5) is 0 Å². The van der Waals surface area contributed by atoms with Crippen LogP contribution in [0, 0.1) is 0 Å². The molecular weight excluding hydrogens is 180 g/mol. The first-order valence-corrected chi connectivity index (χ1v) is 11.9. The zero-order valence-corrected chi connectivity index (χ0v) is 11.4. The highest BCUT2D eigenvalue weighted by atomic mass is 29.3. The molecule has 12 heavy (non-hydrogen) atoms. The van der Waals surface area contributed by atoms with Crippen LogP contribution in [0.15, 0.2) is 0 Å². The molecule has 0 saturated carbocycles. The van der Waals surface area contributed by atoms with Crippen LogP contribution in [0.2, 0.25) is 26.2 Å². The summed E-state index contributed by atoms with van der Waals surface area (Å²) < 4.78 is 0. The van der Waals surface area contributed by atoms with Crippen molar-refractivity contribution in [1.82, 2.24) is 9.96 Å². The molecule has 0 unspecified atom stereocenters. The van der Waals surface area contributed by atoms with Crippen LogP contribution in [-0.2, 0) is 0 Å². The molecule has 0 amide bonds. The first-order chi connectivity index (χ1) is 5.37. The zero-order chi connectivity index (χ0) is 9.83. The van der Waals surface area contributed by atoms with Gasteiger partial charge in [-0.2, -0.15) is 0 Å². The summed E-state index contributed by atoms with van der Waals surface area (Å²) in [4.78, 5) is 7.37. The fourth-order valence-electron chi connectivity index (χ4n) is 1.33. The lowest BCUT2D eigenvalue weighted by atomic mass is 10.8. The Bertz CT molecular complexity index is 119. The van der Waals surface area contributed by atoms with Gasteiger partial charge in [-0.3, -0.25) is 0 Å². The van der Waals surface area contributed by atoms with E-state index >= 15 is 0 Å². The van der Waals surface area contributed by atoms with Gasteiger partial charge in [-0.25, -0.2) is 0 Å². The minimum Gasteiger partial charge on any atom is -0.339 e. The van der Waals surface area contributed by atoms with E-state index in [1.165, 1.54) is 0 Å². The fourth-order valence-corrected chi connectivity index (χ4v) is 7.69. The second-order valence-electron chi connectivity index (χ2n) is 4.31. The highest BCUT2D eigenvalue weighted by Crippen LogP contribution is 2.12. The molecule has 0 aromatic carbocycles. The fraction of sp³-hybridized carbons (Fsp3) is 1.00. The molecule has 0 rings (SSSR count). The molecule has 0 spiro atoms. The molecule has 0 fully saturated rings. The van der Waals surface area contributed by atoms with Crippen molar-refractivity contribution >= 4 is 15.5 Å². The topological polar surface area (TPSA) is 24.1 Å². The van der Waals surface area contributed by atoms with Crippen molar-refractivity contribution in [2.75, 3.05) is 13.1 Å². The summed E-state index contributed by atoms with van der Waals surface area (Å²) in [7, 11) is -2.35. The van der Waals surface area contributed by atoms with Crippen LogP contribution in [0.3, 0.4) is 0 Å². The highest BCUT2D eigenvalue weighted by molar-refractivity contribution is 7.38. The third-order valence-electron chi connectivity index (χ3n) is 2.80. The van der Waals surface area contributed by atoms with E-state index in [1.54, 1.807) is 0 Å². The lowest BCUT2D eigenvalue weighted by Gasteiger charge is -2.38. The molecule has 0 saturated heterocycles. The number of nitrogens with one attached hydrogen (secondary N) is 2. The first kappa shape index (κ1) is 12.4. The normalized spacial score (nSPS) is 13.5. The lowest BCUT2D eigenvalue weighted by Crippen LogP contribution is -2.71. The predicted octanol–water partition coefficient (Wildman–Crippen LogP) is 1.69. The summed E-state index contributed by atoms with van der Waals surface area (Å²) in [5, 5.41) is 0. The van der Waals surface area contributed by atoms with Gasteiger partial charge in [0, 0.05) is 0 Å². The van der Waals surface area contributed by atoms with E-state index in [1.807, 2.05) is 0 Å². The molecule has 2 nitrogen and oxygen atoms in total. The van der Waals surface area contributed by atoms with E-state index in [0.717, 1.165) is 13.1 Å². The van der Waals surface area contributed by atoms with Crippen molar-refractivity contribution in [2.45, 2.75) is 40.0 Å². The molecule has 0 radical (unpaired) electrons. The van der Waals surface area contributed by atoms with Gasteiger partial charge in [-0.05, 0) is 13.1 Å². The van der Waals surface area contributed by atoms with E-state index in [-0.39, 0.29) is 0 Å². The zero-order valence-electron chi connectivity index (χ0n) is 9.41. The molecule has 0 aliphatic carbocycles. The Hall–Kier alpha value is 0.354. The van der Waals surface area contributed by atoms with E-state index in [4.69, 9.17) is 0 Å². The Kier molecular flexibility index (Phi) is 4.69. The van der Waals surface area contributed by atoms with Gasteiger partial charge in [0.05, 0.1) is 0 Å². The molecule has 0 heterocycles. The average molecular weight is 204 g/mol. The van der Waals surface area contributed by atoms with Gasteiger partial charge in [0.25, 0.3) is 0 Å². The third-order valence-corrected chi connectivity index (χ3v) is 18.8. The summed E-state index contributed by atoms with van der Waals surface area (Å²) in [6.45, 7) is 16.4. The monoisotopic (exact) mass is 204 g/mol. The van der Waals surface area contributed by atoms with Gasteiger partial charge < -0.3 is 9.96 Å². The van der Waals surface area contributed by atoms with E-state index < -0.39 is 15.5 Å². The molecule has 4 heteroatoms. The van der Waals surface area contributed by atoms with E-state index in [0.29, 0.717) is 0 Å². The molecule has 0 aliphatic heterocycles. The van der Waals surface area contributed by atoms with Crippen LogP contribution in [0.5, 0.6) is 0 Å². The highest BCUT2D eigenvalue weighted by Gasteiger charge is 2.40. The molecule has 0 bridgehead atoms. The van der Waals surface area contributed by atoms with E-state index in [9.17, 15) is 0 Å². The summed E-state index contributed by atoms with van der Waals surface area (Å²) >= 11 is 0. The minimum atomic E-state index is -1.17. The van der Waals surface area contributed by atoms with Crippen LogP contribution in [0.1, 0.15) is 13.8 Å². The molecule has 0 aromatic rings. The maximum absolute atomic E-state index is 3.69. The Balaban J connectivity index is 4.28. The van der Waals surface area contributed by atoms with Crippen LogP contribution in [0.25, 0.3) is 0 Å². The summed E-state index contributed by atoms with van der Waals surface area (Å²) in [5.74, 6) is 0. The quantitative estimate of drug-likeness (QED) is 0.666. The first-order valence-electron chi connectivity index (χ1n) is 4.87. The maximum Gasteiger partial charge on any atom is 0.126 e. The summed E-state index contributed by atoms with van der Waals surface area (Å²) in [6, 6.07) is 0. The number of hydrogen-bond donors (Lipinski definition) is 2. The van der Waals surface area contributed by atoms with Gasteiger partial charge in [0.1, 0.15) is 15.5 Å². The lowest BCUT2D eigenvalue weighted by molar-refractivity contribution is 0.944. The smallest absolute Gasteiger partial charge is 0.126 e. The Morgan fingerprint density at radius 3 is 1.17 bits per heavy atom. The van der Waals surface area contributed by atoms with Crippen molar-refractivity contribution in [3.05, 3.63) is 0 Å². The number of hydrogen-bond acceptors (Lipinski definition) is 2. The summed E-state index contributed by atoms with van der Waals surface area (Å²) in [5.41, 5.74) is 0. The Morgan fingerprint density at radius 1 is 0.750 bits per heavy atom. The molecular formula is C8H24N2Si2. The van der Waals surface area contributed by atoms with Crippen molar-refractivity contribution in [3.8, 4) is 0 Å². The number of rotatable bonds is 5. The molecule has 0 atom stereocenters. The molecule has 2 N–H and O–H groups in total. The van der Waals surface area contributed by atoms with Crippen molar-refractivity contribution in [3.63, 3.8) is 0 Å². The van der Waals surface area contributed by atoms with E-state index in [2.05, 4.69) is 50.0 Å². The molecule has 0 aromatic heterocycles. The Morgan fingerprint density at radius 2 is 1.00 bits per heavy atom. The van der Waals surface area contributed by atoms with Gasteiger partial charge in [0.15, 0.2) is 0 Å². The largest absolute Gasteiger partial charge is 0.339 e. The predicted molar refractivity (Wildman–Crippen MR) is 62.3 cm³/mol. The van der Waals surface area contributed by atoms with Gasteiger partial charge in [0.2, 0.25) is 0 Å². The van der Waals surface area contributed by atoms with Crippen LogP contribution in [-0.4, -0.2) is 28.6 Å². The van der Waals surface area contributed by atoms with Crippen molar-refractivity contribution in [2.24, 2.45) is 0 Å². The standard InChI is InChI=1S/C8H24N2Si2/c1-7-9-11(3,4)12(5,6)10-8-2/h9-10H,7-8H2,1-6H3. The van der Waals surface area contributed by atoms with Crippen LogP contribution >= 0.6 is 0 Å². The maximum atomic E-state index is 3.69. The third kappa shape index (κ3) is 3.01. The van der Waals surface area contributed by atoms with Gasteiger partial charge in [-0.15, -0.1) is 0 Å². The summed E-state index contributed by atoms with van der Waals surface area (Å²) in [6.07, 6.45) is 0. The SMILES string of the molecule is CCN[Si](C)(C)[Si](C)(C)NCC. The molecule has 74 valence electrons. The van der Waals surface area contributed by atoms with Gasteiger partial charge >= 0.3 is 0 Å². The second kappa shape index (κ2) is 4.55. The van der Waals surface area contributed by atoms with Crippen molar-refractivity contribution in [1.29, 1.82) is 0 Å². The van der Waals surface area contributed by atoms with Crippen LogP contribution < -0.4 is 9.96 Å². The second-order valence-corrected chi connectivity index (χ2v) is 19.0.